The van der Waals surface area contributed by atoms with Gasteiger partial charge in [-0.3, -0.25) is 0 Å². The van der Waals surface area contributed by atoms with Gasteiger partial charge in [-0.25, -0.2) is 0 Å². The minimum absolute atomic E-state index is 0.518. The molecule has 0 aliphatic rings. The van der Waals surface area contributed by atoms with E-state index in [1.54, 1.807) is 0 Å². The van der Waals surface area contributed by atoms with E-state index in [1.807, 2.05) is 0 Å². The third kappa shape index (κ3) is 7.10. The van der Waals surface area contributed by atoms with Crippen LogP contribution in [0.4, 0.5) is 0 Å². The molecular weight excluding hydrogens is 156 g/mol. The van der Waals surface area contributed by atoms with Crippen molar-refractivity contribution in [2.24, 2.45) is 11.3 Å². The molecule has 1 unspecified atom stereocenters. The SMILES string of the molecule is [CH2]CCC(C)(C)CCC(C)CCC. The van der Waals surface area contributed by atoms with E-state index < -0.39 is 0 Å². The summed E-state index contributed by atoms with van der Waals surface area (Å²) in [5.74, 6) is 0.911. The second-order valence-corrected chi connectivity index (χ2v) is 5.20. The van der Waals surface area contributed by atoms with Crippen molar-refractivity contribution in [2.45, 2.75) is 66.2 Å². The molecule has 0 aromatic rings. The second kappa shape index (κ2) is 6.45. The molecule has 1 radical (unpaired) electrons. The molecule has 0 heterocycles. The van der Waals surface area contributed by atoms with Crippen LogP contribution in [0, 0.1) is 18.3 Å². The quantitative estimate of drug-likeness (QED) is 0.529. The van der Waals surface area contributed by atoms with E-state index in [0.717, 1.165) is 12.3 Å². The molecule has 79 valence electrons. The molecule has 0 nitrogen and oxygen atoms in total. The van der Waals surface area contributed by atoms with Gasteiger partial charge in [-0.1, -0.05) is 60.3 Å². The molecule has 0 rings (SSSR count). The largest absolute Gasteiger partial charge is 0.0654 e. The Morgan fingerprint density at radius 1 is 1.15 bits per heavy atom. The molecule has 0 aromatic carbocycles. The molecule has 0 spiro atoms. The number of hydrogen-bond donors (Lipinski definition) is 0. The molecule has 0 bridgehead atoms. The summed E-state index contributed by atoms with van der Waals surface area (Å²) in [4.78, 5) is 0. The lowest BCUT2D eigenvalue weighted by Gasteiger charge is -2.25. The minimum Gasteiger partial charge on any atom is -0.0654 e. The Balaban J connectivity index is 3.60. The molecular formula is C13H27. The van der Waals surface area contributed by atoms with E-state index in [9.17, 15) is 0 Å². The Labute approximate surface area is 85.1 Å². The Morgan fingerprint density at radius 3 is 2.23 bits per heavy atom. The van der Waals surface area contributed by atoms with Crippen LogP contribution < -0.4 is 0 Å². The first-order valence-corrected chi connectivity index (χ1v) is 5.81. The standard InChI is InChI=1S/C13H27/c1-6-8-12(3)9-11-13(4,5)10-7-2/h12H,2,6-11H2,1,3-5H3. The van der Waals surface area contributed by atoms with Crippen LogP contribution in [0.2, 0.25) is 0 Å². The van der Waals surface area contributed by atoms with Gasteiger partial charge in [-0.05, 0) is 24.2 Å². The van der Waals surface area contributed by atoms with Crippen LogP contribution in [0.25, 0.3) is 0 Å². The van der Waals surface area contributed by atoms with E-state index >= 15 is 0 Å². The van der Waals surface area contributed by atoms with Gasteiger partial charge in [0, 0.05) is 0 Å². The van der Waals surface area contributed by atoms with E-state index in [1.165, 1.54) is 32.1 Å². The molecule has 13 heavy (non-hydrogen) atoms. The van der Waals surface area contributed by atoms with Crippen molar-refractivity contribution in [3.8, 4) is 0 Å². The summed E-state index contributed by atoms with van der Waals surface area (Å²) >= 11 is 0. The lowest BCUT2D eigenvalue weighted by Crippen LogP contribution is -2.12. The van der Waals surface area contributed by atoms with Crippen molar-refractivity contribution >= 4 is 0 Å². The fraction of sp³-hybridized carbons (Fsp3) is 0.923. The monoisotopic (exact) mass is 183 g/mol. The van der Waals surface area contributed by atoms with Crippen molar-refractivity contribution in [1.29, 1.82) is 0 Å². The lowest BCUT2D eigenvalue weighted by molar-refractivity contribution is 0.274. The maximum absolute atomic E-state index is 3.93. The Hall–Kier alpha value is 0. The van der Waals surface area contributed by atoms with Gasteiger partial charge in [0.25, 0.3) is 0 Å². The fourth-order valence-electron chi connectivity index (χ4n) is 1.88. The summed E-state index contributed by atoms with van der Waals surface area (Å²) in [6.45, 7) is 13.3. The summed E-state index contributed by atoms with van der Waals surface area (Å²) in [5, 5.41) is 0. The molecule has 1 atom stereocenters. The Kier molecular flexibility index (Phi) is 6.45. The van der Waals surface area contributed by atoms with Gasteiger partial charge in [-0.15, -0.1) is 0 Å². The van der Waals surface area contributed by atoms with E-state index in [2.05, 4.69) is 34.6 Å². The Morgan fingerprint density at radius 2 is 1.77 bits per heavy atom. The minimum atomic E-state index is 0.518. The first-order valence-electron chi connectivity index (χ1n) is 5.81. The van der Waals surface area contributed by atoms with Crippen LogP contribution in [-0.2, 0) is 0 Å². The zero-order valence-corrected chi connectivity index (χ0v) is 10.0. The van der Waals surface area contributed by atoms with Crippen molar-refractivity contribution < 1.29 is 0 Å². The zero-order chi connectivity index (χ0) is 10.3. The molecule has 0 aliphatic heterocycles. The molecule has 0 amide bonds. The van der Waals surface area contributed by atoms with Gasteiger partial charge < -0.3 is 0 Å². The van der Waals surface area contributed by atoms with Crippen molar-refractivity contribution in [3.63, 3.8) is 0 Å². The molecule has 0 saturated heterocycles. The third-order valence-electron chi connectivity index (χ3n) is 2.95. The summed E-state index contributed by atoms with van der Waals surface area (Å²) in [6, 6.07) is 0. The first kappa shape index (κ1) is 13.0. The maximum Gasteiger partial charge on any atom is -0.0354 e. The lowest BCUT2D eigenvalue weighted by atomic mass is 9.81. The topological polar surface area (TPSA) is 0 Å². The summed E-state index contributed by atoms with van der Waals surface area (Å²) in [6.07, 6.45) is 7.82. The smallest absolute Gasteiger partial charge is 0.0354 e. The van der Waals surface area contributed by atoms with E-state index in [0.29, 0.717) is 5.41 Å². The summed E-state index contributed by atoms with van der Waals surface area (Å²) < 4.78 is 0. The fourth-order valence-corrected chi connectivity index (χ4v) is 1.88. The first-order chi connectivity index (χ1) is 6.02. The van der Waals surface area contributed by atoms with Gasteiger partial charge in [0.15, 0.2) is 0 Å². The van der Waals surface area contributed by atoms with Crippen molar-refractivity contribution in [3.05, 3.63) is 6.92 Å². The van der Waals surface area contributed by atoms with Crippen LogP contribution in [0.15, 0.2) is 0 Å². The van der Waals surface area contributed by atoms with Gasteiger partial charge in [0.05, 0.1) is 0 Å². The van der Waals surface area contributed by atoms with Gasteiger partial charge in [0.2, 0.25) is 0 Å². The van der Waals surface area contributed by atoms with Gasteiger partial charge >= 0.3 is 0 Å². The van der Waals surface area contributed by atoms with Crippen molar-refractivity contribution in [2.75, 3.05) is 0 Å². The van der Waals surface area contributed by atoms with Gasteiger partial charge in [0.1, 0.15) is 0 Å². The highest BCUT2D eigenvalue weighted by atomic mass is 14.2. The van der Waals surface area contributed by atoms with Crippen LogP contribution in [0.1, 0.15) is 66.2 Å². The van der Waals surface area contributed by atoms with E-state index in [4.69, 9.17) is 0 Å². The molecule has 0 N–H and O–H groups in total. The summed E-state index contributed by atoms with van der Waals surface area (Å²) in [7, 11) is 0. The molecule has 0 fully saturated rings. The number of hydrogen-bond acceptors (Lipinski definition) is 0. The average Bonchev–Trinajstić information content (AvgIpc) is 2.02. The Bertz CT molecular complexity index is 113. The summed E-state index contributed by atoms with van der Waals surface area (Å²) in [5.41, 5.74) is 0.518. The maximum atomic E-state index is 3.93. The van der Waals surface area contributed by atoms with Crippen LogP contribution in [0.3, 0.4) is 0 Å². The third-order valence-corrected chi connectivity index (χ3v) is 2.95. The normalized spacial score (nSPS) is 14.5. The number of rotatable bonds is 7. The van der Waals surface area contributed by atoms with E-state index in [-0.39, 0.29) is 0 Å². The predicted octanol–water partition coefficient (Wildman–Crippen LogP) is 4.84. The van der Waals surface area contributed by atoms with Crippen LogP contribution >= 0.6 is 0 Å². The molecule has 0 aliphatic carbocycles. The average molecular weight is 183 g/mol. The van der Waals surface area contributed by atoms with Crippen LogP contribution in [0.5, 0.6) is 0 Å². The van der Waals surface area contributed by atoms with Crippen molar-refractivity contribution in [1.82, 2.24) is 0 Å². The highest BCUT2D eigenvalue weighted by Gasteiger charge is 2.17. The highest BCUT2D eigenvalue weighted by molar-refractivity contribution is 4.70. The van der Waals surface area contributed by atoms with Crippen LogP contribution in [-0.4, -0.2) is 0 Å². The molecule has 0 aromatic heterocycles. The zero-order valence-electron chi connectivity index (χ0n) is 10.0. The second-order valence-electron chi connectivity index (χ2n) is 5.20. The highest BCUT2D eigenvalue weighted by Crippen LogP contribution is 2.30. The van der Waals surface area contributed by atoms with Gasteiger partial charge in [-0.2, -0.15) is 0 Å². The molecule has 0 saturated carbocycles. The predicted molar refractivity (Wildman–Crippen MR) is 61.7 cm³/mol. The molecule has 0 heteroatoms.